The maximum absolute atomic E-state index is 13.9. The van der Waals surface area contributed by atoms with E-state index in [1.807, 2.05) is 0 Å². The van der Waals surface area contributed by atoms with Crippen LogP contribution in [0.2, 0.25) is 5.02 Å². The highest BCUT2D eigenvalue weighted by Gasteiger charge is 2.46. The number of hydrogen-bond donors (Lipinski definition) is 0. The summed E-state index contributed by atoms with van der Waals surface area (Å²) in [5, 5.41) is 0.243. The van der Waals surface area contributed by atoms with Crippen molar-refractivity contribution in [2.75, 3.05) is 26.2 Å². The lowest BCUT2D eigenvalue weighted by Crippen LogP contribution is -2.51. The van der Waals surface area contributed by atoms with Crippen LogP contribution in [-0.2, 0) is 16.0 Å². The average Bonchev–Trinajstić information content (AvgIpc) is 3.52. The molecule has 0 radical (unpaired) electrons. The summed E-state index contributed by atoms with van der Waals surface area (Å²) >= 11 is 6.01. The minimum absolute atomic E-state index is 0.0695. The molecule has 2 unspecified atom stereocenters. The molecule has 152 valence electrons. The highest BCUT2D eigenvalue weighted by molar-refractivity contribution is 6.31. The summed E-state index contributed by atoms with van der Waals surface area (Å²) < 4.78 is 27.0. The minimum Gasteiger partial charge on any atom is -0.339 e. The fourth-order valence-corrected chi connectivity index (χ4v) is 4.15. The summed E-state index contributed by atoms with van der Waals surface area (Å²) in [5.41, 5.74) is 1.19. The van der Waals surface area contributed by atoms with Crippen LogP contribution in [0.4, 0.5) is 8.78 Å². The molecule has 7 heteroatoms. The average molecular weight is 419 g/mol. The number of benzene rings is 2. The molecular formula is C22H21ClF2N2O2. The molecule has 2 atom stereocenters. The van der Waals surface area contributed by atoms with Crippen molar-refractivity contribution in [1.82, 2.24) is 9.80 Å². The van der Waals surface area contributed by atoms with E-state index in [0.717, 1.165) is 12.0 Å². The molecule has 1 aliphatic heterocycles. The molecular weight excluding hydrogens is 398 g/mol. The zero-order valence-electron chi connectivity index (χ0n) is 15.8. The number of halogens is 3. The van der Waals surface area contributed by atoms with E-state index in [-0.39, 0.29) is 46.5 Å². The Morgan fingerprint density at radius 1 is 0.966 bits per heavy atom. The Hall–Kier alpha value is -2.47. The van der Waals surface area contributed by atoms with Gasteiger partial charge in [0.05, 0.1) is 6.42 Å². The Balaban J connectivity index is 1.30. The van der Waals surface area contributed by atoms with E-state index in [9.17, 15) is 18.4 Å². The number of piperazine rings is 1. The van der Waals surface area contributed by atoms with Crippen molar-refractivity contribution in [3.05, 3.63) is 70.2 Å². The first-order chi connectivity index (χ1) is 13.9. The van der Waals surface area contributed by atoms with Crippen molar-refractivity contribution < 1.29 is 18.4 Å². The van der Waals surface area contributed by atoms with Crippen molar-refractivity contribution in [3.63, 3.8) is 0 Å². The zero-order chi connectivity index (χ0) is 20.5. The molecule has 2 amide bonds. The Bertz CT molecular complexity index is 907. The molecule has 1 saturated heterocycles. The zero-order valence-corrected chi connectivity index (χ0v) is 16.5. The Labute approximate surface area is 173 Å². The topological polar surface area (TPSA) is 40.6 Å². The van der Waals surface area contributed by atoms with E-state index >= 15 is 0 Å². The quantitative estimate of drug-likeness (QED) is 0.760. The molecule has 0 N–H and O–H groups in total. The third kappa shape index (κ3) is 4.27. The highest BCUT2D eigenvalue weighted by Crippen LogP contribution is 2.48. The van der Waals surface area contributed by atoms with Crippen molar-refractivity contribution in [3.8, 4) is 0 Å². The first-order valence-electron chi connectivity index (χ1n) is 9.69. The van der Waals surface area contributed by atoms with Crippen LogP contribution >= 0.6 is 11.6 Å². The van der Waals surface area contributed by atoms with Crippen LogP contribution in [0.15, 0.2) is 42.5 Å². The second kappa shape index (κ2) is 8.11. The molecule has 0 spiro atoms. The SMILES string of the molecule is O=C(Cc1c(F)cccc1Cl)N1CCN(C(=O)C2CC2c2ccc(F)cc2)CC1. The summed E-state index contributed by atoms with van der Waals surface area (Å²) in [7, 11) is 0. The van der Waals surface area contributed by atoms with Crippen LogP contribution in [0.5, 0.6) is 0 Å². The van der Waals surface area contributed by atoms with Gasteiger partial charge < -0.3 is 9.80 Å². The van der Waals surface area contributed by atoms with Crippen LogP contribution in [0.1, 0.15) is 23.5 Å². The van der Waals surface area contributed by atoms with E-state index in [1.54, 1.807) is 28.0 Å². The maximum atomic E-state index is 13.9. The lowest BCUT2D eigenvalue weighted by molar-refractivity contribution is -0.140. The summed E-state index contributed by atoms with van der Waals surface area (Å²) in [6.45, 7) is 1.76. The van der Waals surface area contributed by atoms with Gasteiger partial charge in [-0.3, -0.25) is 9.59 Å². The molecule has 1 saturated carbocycles. The molecule has 2 aromatic rings. The highest BCUT2D eigenvalue weighted by atomic mass is 35.5. The van der Waals surface area contributed by atoms with Crippen LogP contribution in [0, 0.1) is 17.6 Å². The summed E-state index contributed by atoms with van der Waals surface area (Å²) in [4.78, 5) is 28.7. The van der Waals surface area contributed by atoms with Gasteiger partial charge in [-0.15, -0.1) is 0 Å². The van der Waals surface area contributed by atoms with Crippen LogP contribution in [0.3, 0.4) is 0 Å². The van der Waals surface area contributed by atoms with Gasteiger partial charge in [-0.2, -0.15) is 0 Å². The number of rotatable bonds is 4. The van der Waals surface area contributed by atoms with Gasteiger partial charge in [0.15, 0.2) is 0 Å². The first-order valence-corrected chi connectivity index (χ1v) is 10.1. The summed E-state index contributed by atoms with van der Waals surface area (Å²) in [6.07, 6.45) is 0.685. The Morgan fingerprint density at radius 2 is 1.62 bits per heavy atom. The second-order valence-corrected chi connectivity index (χ2v) is 7.99. The first kappa shape index (κ1) is 19.8. The summed E-state index contributed by atoms with van der Waals surface area (Å²) in [5.74, 6) is -0.802. The maximum Gasteiger partial charge on any atom is 0.227 e. The number of carbonyl (C=O) groups is 2. The van der Waals surface area contributed by atoms with Crippen molar-refractivity contribution in [1.29, 1.82) is 0 Å². The van der Waals surface area contributed by atoms with E-state index in [0.29, 0.717) is 26.2 Å². The number of carbonyl (C=O) groups excluding carboxylic acids is 2. The molecule has 0 aromatic heterocycles. The number of nitrogens with zero attached hydrogens (tertiary/aromatic N) is 2. The predicted octanol–water partition coefficient (Wildman–Crippen LogP) is 3.64. The lowest BCUT2D eigenvalue weighted by atomic mass is 10.1. The smallest absolute Gasteiger partial charge is 0.227 e. The third-order valence-electron chi connectivity index (χ3n) is 5.74. The third-order valence-corrected chi connectivity index (χ3v) is 6.09. The molecule has 2 aliphatic rings. The molecule has 2 fully saturated rings. The second-order valence-electron chi connectivity index (χ2n) is 7.58. The predicted molar refractivity (Wildman–Crippen MR) is 106 cm³/mol. The van der Waals surface area contributed by atoms with E-state index < -0.39 is 5.82 Å². The van der Waals surface area contributed by atoms with E-state index in [4.69, 9.17) is 11.6 Å². The minimum atomic E-state index is -0.486. The van der Waals surface area contributed by atoms with Crippen molar-refractivity contribution in [2.45, 2.75) is 18.8 Å². The van der Waals surface area contributed by atoms with Crippen LogP contribution < -0.4 is 0 Å². The van der Waals surface area contributed by atoms with Gasteiger partial charge in [0.25, 0.3) is 0 Å². The van der Waals surface area contributed by atoms with Crippen molar-refractivity contribution in [2.24, 2.45) is 5.92 Å². The van der Waals surface area contributed by atoms with Crippen molar-refractivity contribution >= 4 is 23.4 Å². The molecule has 1 heterocycles. The normalized spacial score (nSPS) is 21.2. The van der Waals surface area contributed by atoms with E-state index in [2.05, 4.69) is 0 Å². The lowest BCUT2D eigenvalue weighted by Gasteiger charge is -2.35. The number of hydrogen-bond acceptors (Lipinski definition) is 2. The molecule has 29 heavy (non-hydrogen) atoms. The fraction of sp³-hybridized carbons (Fsp3) is 0.364. The Morgan fingerprint density at radius 3 is 2.28 bits per heavy atom. The van der Waals surface area contributed by atoms with Gasteiger partial charge in [-0.25, -0.2) is 8.78 Å². The molecule has 2 aromatic carbocycles. The van der Waals surface area contributed by atoms with Gasteiger partial charge in [-0.1, -0.05) is 29.8 Å². The molecule has 1 aliphatic carbocycles. The fourth-order valence-electron chi connectivity index (χ4n) is 3.92. The summed E-state index contributed by atoms with van der Waals surface area (Å²) in [6, 6.07) is 10.7. The van der Waals surface area contributed by atoms with Crippen LogP contribution in [-0.4, -0.2) is 47.8 Å². The standard InChI is InChI=1S/C22H21ClF2N2O2/c23-19-2-1-3-20(25)18(19)13-21(28)26-8-10-27(11-9-26)22(29)17-12-16(17)14-4-6-15(24)7-5-14/h1-7,16-17H,8-13H2. The van der Waals surface area contributed by atoms with Gasteiger partial charge in [0.1, 0.15) is 11.6 Å². The molecule has 4 rings (SSSR count). The van der Waals surface area contributed by atoms with E-state index in [1.165, 1.54) is 24.3 Å². The number of amides is 2. The van der Waals surface area contributed by atoms with Gasteiger partial charge in [0.2, 0.25) is 11.8 Å². The van der Waals surface area contributed by atoms with Crippen LogP contribution in [0.25, 0.3) is 0 Å². The Kier molecular flexibility index (Phi) is 5.54. The van der Waals surface area contributed by atoms with Gasteiger partial charge >= 0.3 is 0 Å². The largest absolute Gasteiger partial charge is 0.339 e. The van der Waals surface area contributed by atoms with Gasteiger partial charge in [0, 0.05) is 42.7 Å². The monoisotopic (exact) mass is 418 g/mol. The molecule has 4 nitrogen and oxygen atoms in total. The van der Waals surface area contributed by atoms with Gasteiger partial charge in [-0.05, 0) is 42.2 Å². The molecule has 0 bridgehead atoms.